The molecule has 0 saturated carbocycles. The zero-order valence-corrected chi connectivity index (χ0v) is 16.2. The first-order valence-electron chi connectivity index (χ1n) is 9.14. The molecule has 3 aromatic rings. The number of ether oxygens (including phenoxy) is 1. The molecular weight excluding hydrogens is 427 g/mol. The maximum atomic E-state index is 14.1. The molecule has 0 bridgehead atoms. The summed E-state index contributed by atoms with van der Waals surface area (Å²) in [5.41, 5.74) is -0.547. The highest BCUT2D eigenvalue weighted by Gasteiger charge is 2.31. The van der Waals surface area contributed by atoms with Crippen molar-refractivity contribution in [1.29, 1.82) is 0 Å². The molecule has 158 valence electrons. The smallest absolute Gasteiger partial charge is 0.233 e. The van der Waals surface area contributed by atoms with E-state index in [9.17, 15) is 26.7 Å². The molecule has 0 N–H and O–H groups in total. The van der Waals surface area contributed by atoms with E-state index in [1.807, 2.05) is 0 Å². The number of benzene rings is 2. The fourth-order valence-electron chi connectivity index (χ4n) is 3.31. The van der Waals surface area contributed by atoms with Crippen LogP contribution < -0.4 is 4.90 Å². The lowest BCUT2D eigenvalue weighted by atomic mass is 10.1. The van der Waals surface area contributed by atoms with Crippen molar-refractivity contribution in [2.45, 2.75) is 25.4 Å². The van der Waals surface area contributed by atoms with Crippen LogP contribution in [0, 0.1) is 29.1 Å². The Labute approximate surface area is 171 Å². The minimum Gasteiger partial charge on any atom is -0.376 e. The van der Waals surface area contributed by atoms with Gasteiger partial charge in [-0.05, 0) is 25.0 Å². The van der Waals surface area contributed by atoms with Crippen LogP contribution in [0.15, 0.2) is 24.3 Å². The van der Waals surface area contributed by atoms with Gasteiger partial charge < -0.3 is 4.74 Å². The molecule has 2 heterocycles. The third kappa shape index (κ3) is 3.77. The number of hydrogen-bond donors (Lipinski definition) is 0. The largest absolute Gasteiger partial charge is 0.376 e. The normalized spacial score (nSPS) is 16.4. The molecule has 10 heteroatoms. The summed E-state index contributed by atoms with van der Waals surface area (Å²) >= 11 is 1.19. The van der Waals surface area contributed by atoms with E-state index in [2.05, 4.69) is 4.98 Å². The average molecular weight is 442 g/mol. The number of carbonyl (C=O) groups is 1. The molecule has 1 atom stereocenters. The van der Waals surface area contributed by atoms with Gasteiger partial charge in [0, 0.05) is 12.2 Å². The Morgan fingerprint density at radius 2 is 1.73 bits per heavy atom. The highest BCUT2D eigenvalue weighted by molar-refractivity contribution is 7.22. The molecule has 1 amide bonds. The number of nitrogens with zero attached hydrogens (tertiary/aromatic N) is 2. The van der Waals surface area contributed by atoms with E-state index < -0.39 is 47.0 Å². The third-order valence-corrected chi connectivity index (χ3v) is 5.91. The fourth-order valence-corrected chi connectivity index (χ4v) is 4.30. The number of anilines is 1. The lowest BCUT2D eigenvalue weighted by Gasteiger charge is -2.23. The number of halogens is 5. The number of amides is 1. The number of fused-ring (bicyclic) bond motifs is 1. The van der Waals surface area contributed by atoms with Crippen LogP contribution in [0.5, 0.6) is 0 Å². The van der Waals surface area contributed by atoms with Crippen molar-refractivity contribution in [3.8, 4) is 0 Å². The summed E-state index contributed by atoms with van der Waals surface area (Å²) in [5.74, 6) is -11.3. The predicted molar refractivity (Wildman–Crippen MR) is 101 cm³/mol. The minimum absolute atomic E-state index is 0.0635. The van der Waals surface area contributed by atoms with Crippen LogP contribution in [-0.2, 0) is 16.0 Å². The van der Waals surface area contributed by atoms with Crippen molar-refractivity contribution >= 4 is 32.6 Å². The quantitative estimate of drug-likeness (QED) is 0.326. The maximum Gasteiger partial charge on any atom is 0.233 e. The highest BCUT2D eigenvalue weighted by atomic mass is 32.1. The Balaban J connectivity index is 1.69. The van der Waals surface area contributed by atoms with Crippen LogP contribution >= 0.6 is 11.3 Å². The standard InChI is InChI=1S/C20H15F5N2O2S/c21-15-11(16(22)18(24)19(25)17(15)23)8-14(28)27(9-10-4-3-7-29-10)20-26-12-5-1-2-6-13(12)30-20/h1-2,5-6,10H,3-4,7-9H2. The van der Waals surface area contributed by atoms with Crippen LogP contribution in [0.3, 0.4) is 0 Å². The first-order valence-corrected chi connectivity index (χ1v) is 9.96. The van der Waals surface area contributed by atoms with E-state index in [4.69, 9.17) is 4.74 Å². The van der Waals surface area contributed by atoms with Gasteiger partial charge in [0.1, 0.15) is 0 Å². The lowest BCUT2D eigenvalue weighted by Crippen LogP contribution is -2.38. The molecule has 0 radical (unpaired) electrons. The van der Waals surface area contributed by atoms with Gasteiger partial charge >= 0.3 is 0 Å². The van der Waals surface area contributed by atoms with Gasteiger partial charge in [0.25, 0.3) is 0 Å². The Hall–Kier alpha value is -2.59. The molecule has 2 aromatic carbocycles. The van der Waals surface area contributed by atoms with Crippen molar-refractivity contribution in [1.82, 2.24) is 4.98 Å². The predicted octanol–water partition coefficient (Wildman–Crippen LogP) is 4.75. The van der Waals surface area contributed by atoms with Crippen molar-refractivity contribution in [3.63, 3.8) is 0 Å². The summed E-state index contributed by atoms with van der Waals surface area (Å²) < 4.78 is 74.8. The number of hydrogen-bond acceptors (Lipinski definition) is 4. The Bertz CT molecular complexity index is 1050. The van der Waals surface area contributed by atoms with E-state index >= 15 is 0 Å². The van der Waals surface area contributed by atoms with Gasteiger partial charge in [0.2, 0.25) is 11.7 Å². The van der Waals surface area contributed by atoms with Gasteiger partial charge in [0.15, 0.2) is 28.4 Å². The summed E-state index contributed by atoms with van der Waals surface area (Å²) in [6.45, 7) is 0.582. The molecule has 1 unspecified atom stereocenters. The summed E-state index contributed by atoms with van der Waals surface area (Å²) in [7, 11) is 0. The van der Waals surface area contributed by atoms with Crippen molar-refractivity contribution in [2.75, 3.05) is 18.1 Å². The average Bonchev–Trinajstić information content (AvgIpc) is 3.41. The molecule has 1 aromatic heterocycles. The minimum atomic E-state index is -2.26. The SMILES string of the molecule is O=C(Cc1c(F)c(F)c(F)c(F)c1F)N(CC1CCCO1)c1nc2ccccc2s1. The van der Waals surface area contributed by atoms with Crippen molar-refractivity contribution in [2.24, 2.45) is 0 Å². The van der Waals surface area contributed by atoms with E-state index in [0.29, 0.717) is 18.5 Å². The first kappa shape index (κ1) is 20.7. The van der Waals surface area contributed by atoms with Crippen LogP contribution in [0.25, 0.3) is 10.2 Å². The molecule has 1 aliphatic heterocycles. The zero-order valence-electron chi connectivity index (χ0n) is 15.4. The number of para-hydroxylation sites is 1. The summed E-state index contributed by atoms with van der Waals surface area (Å²) in [6, 6.07) is 7.11. The van der Waals surface area contributed by atoms with Crippen LogP contribution in [-0.4, -0.2) is 30.1 Å². The van der Waals surface area contributed by atoms with Crippen molar-refractivity contribution in [3.05, 3.63) is 58.9 Å². The summed E-state index contributed by atoms with van der Waals surface area (Å²) in [6.07, 6.45) is 0.160. The number of carbonyl (C=O) groups excluding carboxylic acids is 1. The molecular formula is C20H15F5N2O2S. The summed E-state index contributed by atoms with van der Waals surface area (Å²) in [4.78, 5) is 18.5. The molecule has 1 aliphatic rings. The Morgan fingerprint density at radius 1 is 1.07 bits per heavy atom. The van der Waals surface area contributed by atoms with Crippen molar-refractivity contribution < 1.29 is 31.5 Å². The monoisotopic (exact) mass is 442 g/mol. The second kappa shape index (κ2) is 8.27. The molecule has 4 nitrogen and oxygen atoms in total. The van der Waals surface area contributed by atoms with Gasteiger partial charge in [-0.3, -0.25) is 9.69 Å². The molecule has 1 fully saturated rings. The topological polar surface area (TPSA) is 42.4 Å². The highest BCUT2D eigenvalue weighted by Crippen LogP contribution is 2.31. The van der Waals surface area contributed by atoms with Crippen LogP contribution in [0.2, 0.25) is 0 Å². The number of rotatable bonds is 5. The van der Waals surface area contributed by atoms with Gasteiger partial charge in [-0.15, -0.1) is 0 Å². The van der Waals surface area contributed by atoms with E-state index in [1.54, 1.807) is 24.3 Å². The van der Waals surface area contributed by atoms with Gasteiger partial charge in [-0.2, -0.15) is 0 Å². The van der Waals surface area contributed by atoms with Gasteiger partial charge in [-0.1, -0.05) is 23.5 Å². The third-order valence-electron chi connectivity index (χ3n) is 4.85. The number of thiazole rings is 1. The second-order valence-electron chi connectivity index (χ2n) is 6.83. The Kier molecular flexibility index (Phi) is 5.70. The Morgan fingerprint density at radius 3 is 2.37 bits per heavy atom. The van der Waals surface area contributed by atoms with Gasteiger partial charge in [0.05, 0.1) is 29.3 Å². The second-order valence-corrected chi connectivity index (χ2v) is 7.84. The molecule has 0 spiro atoms. The van der Waals surface area contributed by atoms with Crippen LogP contribution in [0.1, 0.15) is 18.4 Å². The molecule has 30 heavy (non-hydrogen) atoms. The van der Waals surface area contributed by atoms with Crippen LogP contribution in [0.4, 0.5) is 27.1 Å². The zero-order chi connectivity index (χ0) is 21.4. The summed E-state index contributed by atoms with van der Waals surface area (Å²) in [5, 5.41) is 0.264. The molecule has 0 aliphatic carbocycles. The van der Waals surface area contributed by atoms with E-state index in [-0.39, 0.29) is 17.8 Å². The fraction of sp³-hybridized carbons (Fsp3) is 0.300. The van der Waals surface area contributed by atoms with E-state index in [0.717, 1.165) is 11.1 Å². The molecule has 1 saturated heterocycles. The van der Waals surface area contributed by atoms with Gasteiger partial charge in [-0.25, -0.2) is 26.9 Å². The lowest BCUT2D eigenvalue weighted by molar-refractivity contribution is -0.118. The first-order chi connectivity index (χ1) is 14.4. The molecule has 4 rings (SSSR count). The number of aromatic nitrogens is 1. The maximum absolute atomic E-state index is 14.1. The van der Waals surface area contributed by atoms with E-state index in [1.165, 1.54) is 16.2 Å².